The van der Waals surface area contributed by atoms with Crippen LogP contribution in [0.5, 0.6) is 0 Å². The number of ether oxygens (including phenoxy) is 1. The summed E-state index contributed by atoms with van der Waals surface area (Å²) in [6, 6.07) is 8.87. The topological polar surface area (TPSA) is 84.0 Å². The third-order valence-corrected chi connectivity index (χ3v) is 4.45. The minimum absolute atomic E-state index is 0.00176. The molecule has 0 bridgehead atoms. The molecule has 1 fully saturated rings. The van der Waals surface area contributed by atoms with E-state index >= 15 is 0 Å². The molecule has 7 heteroatoms. The van der Waals surface area contributed by atoms with Crippen molar-refractivity contribution in [1.82, 2.24) is 19.9 Å². The molecule has 7 nitrogen and oxygen atoms in total. The van der Waals surface area contributed by atoms with Crippen molar-refractivity contribution < 1.29 is 9.53 Å². The third-order valence-electron chi connectivity index (χ3n) is 4.45. The molecule has 3 heterocycles. The Kier molecular flexibility index (Phi) is 3.32. The van der Waals surface area contributed by atoms with Gasteiger partial charge in [-0.15, -0.1) is 5.10 Å². The highest BCUT2D eigenvalue weighted by molar-refractivity contribution is 5.94. The van der Waals surface area contributed by atoms with Crippen LogP contribution >= 0.6 is 0 Å². The quantitative estimate of drug-likeness (QED) is 0.788. The van der Waals surface area contributed by atoms with Crippen LogP contribution in [0.4, 0.5) is 0 Å². The highest BCUT2D eigenvalue weighted by atomic mass is 16.5. The third kappa shape index (κ3) is 2.37. The van der Waals surface area contributed by atoms with E-state index in [-0.39, 0.29) is 18.1 Å². The molecule has 1 saturated heterocycles. The van der Waals surface area contributed by atoms with E-state index in [0.29, 0.717) is 30.8 Å². The Labute approximate surface area is 133 Å². The molecule has 1 aromatic heterocycles. The Morgan fingerprint density at radius 2 is 2.35 bits per heavy atom. The van der Waals surface area contributed by atoms with Crippen molar-refractivity contribution in [1.29, 1.82) is 5.26 Å². The number of carbonyl (C=O) groups excluding carboxylic acids is 1. The van der Waals surface area contributed by atoms with Gasteiger partial charge in [-0.2, -0.15) is 5.26 Å². The number of hydrogen-bond donors (Lipinski definition) is 0. The summed E-state index contributed by atoms with van der Waals surface area (Å²) in [5.74, 6) is -0.0622. The summed E-state index contributed by atoms with van der Waals surface area (Å²) < 4.78 is 7.73. The van der Waals surface area contributed by atoms with Crippen LogP contribution in [0.15, 0.2) is 30.5 Å². The van der Waals surface area contributed by atoms with Gasteiger partial charge < -0.3 is 9.64 Å². The minimum atomic E-state index is -0.0622. The lowest BCUT2D eigenvalue weighted by Gasteiger charge is -2.41. The molecule has 4 rings (SSSR count). The van der Waals surface area contributed by atoms with Crippen LogP contribution in [0.25, 0.3) is 0 Å². The molecule has 1 amide bonds. The van der Waals surface area contributed by atoms with Crippen LogP contribution in [-0.2, 0) is 11.3 Å². The van der Waals surface area contributed by atoms with Gasteiger partial charge in [0, 0.05) is 18.7 Å². The van der Waals surface area contributed by atoms with Gasteiger partial charge in [0.1, 0.15) is 0 Å². The van der Waals surface area contributed by atoms with E-state index < -0.39 is 0 Å². The van der Waals surface area contributed by atoms with Gasteiger partial charge in [0.05, 0.1) is 42.3 Å². The number of piperidine rings is 1. The predicted octanol–water partition coefficient (Wildman–Crippen LogP) is 1.14. The van der Waals surface area contributed by atoms with Crippen molar-refractivity contribution >= 4 is 5.91 Å². The molecule has 0 aliphatic carbocycles. The largest absolute Gasteiger partial charge is 0.370 e. The monoisotopic (exact) mass is 309 g/mol. The maximum absolute atomic E-state index is 12.7. The molecule has 2 aliphatic heterocycles. The Morgan fingerprint density at radius 1 is 1.43 bits per heavy atom. The standard InChI is InChI=1S/C16H15N5O2/c17-7-11-2-1-3-12(6-11)16(22)20-5-4-15-14(9-20)21-13(10-23-15)8-18-19-21/h1-3,6,8,14-15H,4-5,9-10H2/t14-,15+/m0/s1. The first-order valence-corrected chi connectivity index (χ1v) is 7.56. The second-order valence-electron chi connectivity index (χ2n) is 5.82. The van der Waals surface area contributed by atoms with Gasteiger partial charge in [-0.05, 0) is 24.6 Å². The van der Waals surface area contributed by atoms with Gasteiger partial charge in [0.25, 0.3) is 5.91 Å². The SMILES string of the molecule is N#Cc1cccc(C(=O)N2CC[C@H]3OCc4cnnn4[C@H]3C2)c1. The lowest BCUT2D eigenvalue weighted by molar-refractivity contribution is -0.0605. The van der Waals surface area contributed by atoms with E-state index in [4.69, 9.17) is 10.00 Å². The first-order chi connectivity index (χ1) is 11.3. The summed E-state index contributed by atoms with van der Waals surface area (Å²) in [5.41, 5.74) is 1.97. The number of benzene rings is 1. The maximum atomic E-state index is 12.7. The Morgan fingerprint density at radius 3 is 3.22 bits per heavy atom. The van der Waals surface area contributed by atoms with Crippen LogP contribution in [0.1, 0.15) is 34.1 Å². The van der Waals surface area contributed by atoms with Crippen LogP contribution in [-0.4, -0.2) is 45.0 Å². The lowest BCUT2D eigenvalue weighted by Crippen LogP contribution is -2.49. The van der Waals surface area contributed by atoms with Crippen LogP contribution in [0.2, 0.25) is 0 Å². The van der Waals surface area contributed by atoms with Crippen molar-refractivity contribution in [3.05, 3.63) is 47.3 Å². The summed E-state index contributed by atoms with van der Waals surface area (Å²) in [7, 11) is 0. The Bertz CT molecular complexity index is 794. The molecule has 0 spiro atoms. The fourth-order valence-corrected chi connectivity index (χ4v) is 3.27. The number of aromatic nitrogens is 3. The van der Waals surface area contributed by atoms with E-state index in [1.54, 1.807) is 35.4 Å². The molecule has 0 unspecified atom stereocenters. The molecular formula is C16H15N5O2. The number of amides is 1. The summed E-state index contributed by atoms with van der Waals surface area (Å²) in [4.78, 5) is 14.5. The van der Waals surface area contributed by atoms with Crippen LogP contribution in [0, 0.1) is 11.3 Å². The number of hydrogen-bond acceptors (Lipinski definition) is 5. The zero-order chi connectivity index (χ0) is 15.8. The highest BCUT2D eigenvalue weighted by Crippen LogP contribution is 2.30. The second kappa shape index (κ2) is 5.48. The smallest absolute Gasteiger partial charge is 0.253 e. The number of nitrogens with zero attached hydrogens (tertiary/aromatic N) is 5. The Hall–Kier alpha value is -2.72. The second-order valence-corrected chi connectivity index (χ2v) is 5.82. The summed E-state index contributed by atoms with van der Waals surface area (Å²) >= 11 is 0. The van der Waals surface area contributed by atoms with Crippen molar-refractivity contribution in [2.24, 2.45) is 0 Å². The van der Waals surface area contributed by atoms with Gasteiger partial charge in [-0.3, -0.25) is 4.79 Å². The van der Waals surface area contributed by atoms with Crippen LogP contribution in [0.3, 0.4) is 0 Å². The molecule has 0 saturated carbocycles. The maximum Gasteiger partial charge on any atom is 0.253 e. The number of carbonyl (C=O) groups is 1. The first kappa shape index (κ1) is 13.9. The van der Waals surface area contributed by atoms with Gasteiger partial charge in [-0.1, -0.05) is 11.3 Å². The summed E-state index contributed by atoms with van der Waals surface area (Å²) in [6.45, 7) is 1.70. The van der Waals surface area contributed by atoms with Gasteiger partial charge in [0.2, 0.25) is 0 Å². The van der Waals surface area contributed by atoms with Crippen molar-refractivity contribution in [2.75, 3.05) is 13.1 Å². The lowest BCUT2D eigenvalue weighted by atomic mass is 9.99. The number of likely N-dealkylation sites (tertiary alicyclic amines) is 1. The molecular weight excluding hydrogens is 294 g/mol. The molecule has 2 atom stereocenters. The van der Waals surface area contributed by atoms with E-state index in [1.165, 1.54) is 0 Å². The normalized spacial score (nSPS) is 22.8. The van der Waals surface area contributed by atoms with E-state index in [2.05, 4.69) is 16.4 Å². The van der Waals surface area contributed by atoms with Crippen molar-refractivity contribution in [3.63, 3.8) is 0 Å². The van der Waals surface area contributed by atoms with Gasteiger partial charge in [0.15, 0.2) is 0 Å². The summed E-state index contributed by atoms with van der Waals surface area (Å²) in [5, 5.41) is 17.1. The molecule has 2 aromatic rings. The molecule has 23 heavy (non-hydrogen) atoms. The molecule has 2 aliphatic rings. The van der Waals surface area contributed by atoms with E-state index in [9.17, 15) is 4.79 Å². The zero-order valence-electron chi connectivity index (χ0n) is 12.4. The van der Waals surface area contributed by atoms with Crippen molar-refractivity contribution in [3.8, 4) is 6.07 Å². The molecule has 116 valence electrons. The first-order valence-electron chi connectivity index (χ1n) is 7.56. The number of fused-ring (bicyclic) bond motifs is 3. The number of nitriles is 1. The predicted molar refractivity (Wildman–Crippen MR) is 79.3 cm³/mol. The zero-order valence-corrected chi connectivity index (χ0v) is 12.4. The van der Waals surface area contributed by atoms with Gasteiger partial charge >= 0.3 is 0 Å². The molecule has 0 N–H and O–H groups in total. The number of rotatable bonds is 1. The van der Waals surface area contributed by atoms with E-state index in [1.807, 2.05) is 4.68 Å². The van der Waals surface area contributed by atoms with Gasteiger partial charge in [-0.25, -0.2) is 4.68 Å². The molecule has 1 aromatic carbocycles. The average molecular weight is 309 g/mol. The molecule has 0 radical (unpaired) electrons. The van der Waals surface area contributed by atoms with E-state index in [0.717, 1.165) is 12.1 Å². The fourth-order valence-electron chi connectivity index (χ4n) is 3.27. The highest BCUT2D eigenvalue weighted by Gasteiger charge is 2.38. The van der Waals surface area contributed by atoms with Crippen molar-refractivity contribution in [2.45, 2.75) is 25.2 Å². The Balaban J connectivity index is 1.58. The van der Waals surface area contributed by atoms with Crippen LogP contribution < -0.4 is 0 Å². The minimum Gasteiger partial charge on any atom is -0.370 e. The summed E-state index contributed by atoms with van der Waals surface area (Å²) in [6.07, 6.45) is 2.54. The average Bonchev–Trinajstić information content (AvgIpc) is 3.10. The fraction of sp³-hybridized carbons (Fsp3) is 0.375.